The van der Waals surface area contributed by atoms with Crippen LogP contribution in [-0.4, -0.2) is 35.2 Å². The number of aliphatic hydroxyl groups excluding tert-OH is 1. The molecule has 1 fully saturated rings. The first-order chi connectivity index (χ1) is 6.02. The number of hydrogen-bond donors (Lipinski definition) is 1. The lowest BCUT2D eigenvalue weighted by atomic mass is 10.0. The summed E-state index contributed by atoms with van der Waals surface area (Å²) in [5, 5.41) is 9.46. The Morgan fingerprint density at radius 2 is 1.85 bits per heavy atom. The molecular formula is C11H23NO. The van der Waals surface area contributed by atoms with E-state index in [1.807, 2.05) is 6.92 Å². The maximum atomic E-state index is 9.46. The van der Waals surface area contributed by atoms with Gasteiger partial charge in [-0.1, -0.05) is 13.8 Å². The van der Waals surface area contributed by atoms with Crippen molar-refractivity contribution in [3.05, 3.63) is 0 Å². The smallest absolute Gasteiger partial charge is 0.0552 e. The maximum absolute atomic E-state index is 9.46. The fourth-order valence-corrected chi connectivity index (χ4v) is 2.00. The molecule has 78 valence electrons. The summed E-state index contributed by atoms with van der Waals surface area (Å²) in [7, 11) is 0. The summed E-state index contributed by atoms with van der Waals surface area (Å²) in [5.41, 5.74) is 0. The van der Waals surface area contributed by atoms with Gasteiger partial charge in [0.15, 0.2) is 0 Å². The van der Waals surface area contributed by atoms with Gasteiger partial charge in [0.25, 0.3) is 0 Å². The molecule has 2 nitrogen and oxygen atoms in total. The molecule has 0 spiro atoms. The second-order valence-corrected chi connectivity index (χ2v) is 4.77. The number of rotatable bonds is 3. The van der Waals surface area contributed by atoms with Crippen molar-refractivity contribution in [2.24, 2.45) is 11.8 Å². The fourth-order valence-electron chi connectivity index (χ4n) is 2.00. The zero-order valence-corrected chi connectivity index (χ0v) is 9.33. The van der Waals surface area contributed by atoms with Crippen molar-refractivity contribution in [3.63, 3.8) is 0 Å². The van der Waals surface area contributed by atoms with E-state index in [2.05, 4.69) is 25.7 Å². The highest BCUT2D eigenvalue weighted by Crippen LogP contribution is 2.23. The highest BCUT2D eigenvalue weighted by atomic mass is 16.3. The van der Waals surface area contributed by atoms with Gasteiger partial charge in [-0.25, -0.2) is 0 Å². The van der Waals surface area contributed by atoms with Crippen LogP contribution in [0.2, 0.25) is 0 Å². The lowest BCUT2D eigenvalue weighted by Crippen LogP contribution is -2.35. The molecule has 0 radical (unpaired) electrons. The molecule has 0 aromatic heterocycles. The minimum atomic E-state index is -0.135. The molecule has 3 atom stereocenters. The molecule has 0 bridgehead atoms. The second-order valence-electron chi connectivity index (χ2n) is 4.77. The minimum absolute atomic E-state index is 0.135. The van der Waals surface area contributed by atoms with Gasteiger partial charge in [-0.15, -0.1) is 0 Å². The standard InChI is InChI=1S/C11H23NO/c1-8(2)9(3)12-6-5-11(7-12)10(4)13/h8-11,13H,5-7H2,1-4H3. The van der Waals surface area contributed by atoms with Crippen molar-refractivity contribution >= 4 is 0 Å². The Morgan fingerprint density at radius 3 is 2.23 bits per heavy atom. The quantitative estimate of drug-likeness (QED) is 0.724. The average molecular weight is 185 g/mol. The Hall–Kier alpha value is -0.0800. The Morgan fingerprint density at radius 1 is 1.23 bits per heavy atom. The predicted octanol–water partition coefficient (Wildman–Crippen LogP) is 1.73. The van der Waals surface area contributed by atoms with Crippen LogP contribution in [0.1, 0.15) is 34.1 Å². The van der Waals surface area contributed by atoms with Crippen molar-refractivity contribution in [1.29, 1.82) is 0 Å². The van der Waals surface area contributed by atoms with E-state index in [0.29, 0.717) is 17.9 Å². The summed E-state index contributed by atoms with van der Waals surface area (Å²) in [5.74, 6) is 1.22. The van der Waals surface area contributed by atoms with E-state index in [4.69, 9.17) is 0 Å². The molecule has 2 heteroatoms. The van der Waals surface area contributed by atoms with E-state index >= 15 is 0 Å². The first-order valence-corrected chi connectivity index (χ1v) is 5.44. The van der Waals surface area contributed by atoms with Crippen LogP contribution < -0.4 is 0 Å². The fraction of sp³-hybridized carbons (Fsp3) is 1.00. The van der Waals surface area contributed by atoms with Gasteiger partial charge in [-0.2, -0.15) is 0 Å². The van der Waals surface area contributed by atoms with Gasteiger partial charge < -0.3 is 10.0 Å². The lowest BCUT2D eigenvalue weighted by Gasteiger charge is -2.27. The minimum Gasteiger partial charge on any atom is -0.393 e. The summed E-state index contributed by atoms with van der Waals surface area (Å²) < 4.78 is 0. The molecule has 0 amide bonds. The molecule has 0 aromatic rings. The van der Waals surface area contributed by atoms with Crippen molar-refractivity contribution in [1.82, 2.24) is 4.90 Å². The van der Waals surface area contributed by atoms with Crippen LogP contribution in [0, 0.1) is 11.8 Å². The summed E-state index contributed by atoms with van der Waals surface area (Å²) in [4.78, 5) is 2.50. The molecule has 0 aromatic carbocycles. The third-order valence-electron chi connectivity index (χ3n) is 3.48. The van der Waals surface area contributed by atoms with Gasteiger partial charge in [-0.3, -0.25) is 0 Å². The van der Waals surface area contributed by atoms with Gasteiger partial charge in [-0.05, 0) is 38.6 Å². The van der Waals surface area contributed by atoms with Crippen LogP contribution in [0.5, 0.6) is 0 Å². The van der Waals surface area contributed by atoms with Crippen LogP contribution in [-0.2, 0) is 0 Å². The van der Waals surface area contributed by atoms with Gasteiger partial charge >= 0.3 is 0 Å². The SMILES string of the molecule is CC(C)C(C)N1CCC(C(C)O)C1. The van der Waals surface area contributed by atoms with E-state index in [0.717, 1.165) is 19.5 Å². The molecule has 1 aliphatic rings. The van der Waals surface area contributed by atoms with Gasteiger partial charge in [0.05, 0.1) is 6.10 Å². The van der Waals surface area contributed by atoms with Gasteiger partial charge in [0, 0.05) is 12.6 Å². The molecule has 1 heterocycles. The zero-order chi connectivity index (χ0) is 10.0. The third-order valence-corrected chi connectivity index (χ3v) is 3.48. The molecule has 0 aliphatic carbocycles. The predicted molar refractivity (Wildman–Crippen MR) is 55.7 cm³/mol. The van der Waals surface area contributed by atoms with E-state index < -0.39 is 0 Å². The number of aliphatic hydroxyl groups is 1. The average Bonchev–Trinajstić information content (AvgIpc) is 2.50. The molecule has 3 unspecified atom stereocenters. The monoisotopic (exact) mass is 185 g/mol. The second kappa shape index (κ2) is 4.43. The summed E-state index contributed by atoms with van der Waals surface area (Å²) in [6.07, 6.45) is 1.03. The van der Waals surface area contributed by atoms with Gasteiger partial charge in [0.2, 0.25) is 0 Å². The van der Waals surface area contributed by atoms with Crippen LogP contribution in [0.15, 0.2) is 0 Å². The molecule has 1 aliphatic heterocycles. The van der Waals surface area contributed by atoms with E-state index in [1.54, 1.807) is 0 Å². The zero-order valence-electron chi connectivity index (χ0n) is 9.33. The highest BCUT2D eigenvalue weighted by molar-refractivity contribution is 4.82. The molecule has 1 rings (SSSR count). The molecule has 1 N–H and O–H groups in total. The molecule has 1 saturated heterocycles. The number of hydrogen-bond acceptors (Lipinski definition) is 2. The third kappa shape index (κ3) is 2.68. The first-order valence-electron chi connectivity index (χ1n) is 5.44. The number of likely N-dealkylation sites (tertiary alicyclic amines) is 1. The van der Waals surface area contributed by atoms with Crippen LogP contribution in [0.25, 0.3) is 0 Å². The molecule has 0 saturated carbocycles. The highest BCUT2D eigenvalue weighted by Gasteiger charge is 2.29. The van der Waals surface area contributed by atoms with Crippen LogP contribution in [0.4, 0.5) is 0 Å². The van der Waals surface area contributed by atoms with E-state index in [9.17, 15) is 5.11 Å². The Labute approximate surface area is 81.9 Å². The van der Waals surface area contributed by atoms with Crippen molar-refractivity contribution in [2.75, 3.05) is 13.1 Å². The van der Waals surface area contributed by atoms with Crippen molar-refractivity contribution in [2.45, 2.75) is 46.3 Å². The molecule has 13 heavy (non-hydrogen) atoms. The van der Waals surface area contributed by atoms with E-state index in [-0.39, 0.29) is 6.10 Å². The summed E-state index contributed by atoms with van der Waals surface area (Å²) in [6, 6.07) is 0.656. The van der Waals surface area contributed by atoms with Crippen molar-refractivity contribution < 1.29 is 5.11 Å². The molecular weight excluding hydrogens is 162 g/mol. The van der Waals surface area contributed by atoms with Crippen LogP contribution >= 0.6 is 0 Å². The van der Waals surface area contributed by atoms with Crippen LogP contribution in [0.3, 0.4) is 0 Å². The summed E-state index contributed by atoms with van der Waals surface area (Å²) >= 11 is 0. The van der Waals surface area contributed by atoms with E-state index in [1.165, 1.54) is 0 Å². The normalized spacial score (nSPS) is 29.5. The first kappa shape index (κ1) is 11.0. The largest absolute Gasteiger partial charge is 0.393 e. The lowest BCUT2D eigenvalue weighted by molar-refractivity contribution is 0.118. The topological polar surface area (TPSA) is 23.5 Å². The van der Waals surface area contributed by atoms with Gasteiger partial charge in [0.1, 0.15) is 0 Å². The Bertz CT molecular complexity index is 156. The number of nitrogens with zero attached hydrogens (tertiary/aromatic N) is 1. The maximum Gasteiger partial charge on any atom is 0.0552 e. The summed E-state index contributed by atoms with van der Waals surface area (Å²) in [6.45, 7) is 11.0. The Balaban J connectivity index is 2.40. The van der Waals surface area contributed by atoms with Crippen molar-refractivity contribution in [3.8, 4) is 0 Å². The Kier molecular flexibility index (Phi) is 3.74.